The summed E-state index contributed by atoms with van der Waals surface area (Å²) in [6, 6.07) is 3.77. The zero-order valence-corrected chi connectivity index (χ0v) is 13.8. The number of rotatable bonds is 3. The number of pyridine rings is 1. The number of nitrogens with zero attached hydrogens (tertiary/aromatic N) is 3. The molecule has 7 nitrogen and oxygen atoms in total. The number of hydrogen-bond donors (Lipinski definition) is 2. The van der Waals surface area contributed by atoms with Crippen molar-refractivity contribution in [3.05, 3.63) is 34.5 Å². The second-order valence-electron chi connectivity index (χ2n) is 5.35. The van der Waals surface area contributed by atoms with Gasteiger partial charge in [-0.2, -0.15) is 0 Å². The van der Waals surface area contributed by atoms with E-state index in [-0.39, 0.29) is 11.8 Å². The van der Waals surface area contributed by atoms with Gasteiger partial charge in [0.05, 0.1) is 11.4 Å². The third-order valence-corrected chi connectivity index (χ3v) is 4.18. The summed E-state index contributed by atoms with van der Waals surface area (Å²) in [6.07, 6.45) is 3.54. The minimum Gasteiger partial charge on any atom is -0.397 e. The molecular weight excluding hydrogens is 314 g/mol. The van der Waals surface area contributed by atoms with Crippen LogP contribution >= 0.6 is 11.3 Å². The van der Waals surface area contributed by atoms with E-state index in [1.807, 2.05) is 32.1 Å². The molecule has 3 aromatic rings. The number of carbonyl (C=O) groups is 1. The maximum Gasteiger partial charge on any atom is 0.302 e. The van der Waals surface area contributed by atoms with Crippen LogP contribution in [0.3, 0.4) is 0 Å². The number of nitrogen functional groups attached to an aromatic ring is 1. The van der Waals surface area contributed by atoms with Crippen LogP contribution in [0.1, 0.15) is 29.2 Å². The van der Waals surface area contributed by atoms with Crippen molar-refractivity contribution in [3.63, 3.8) is 0 Å². The Hall–Kier alpha value is -2.74. The third kappa shape index (κ3) is 3.07. The summed E-state index contributed by atoms with van der Waals surface area (Å²) in [5, 5.41) is 7.05. The molecule has 0 bridgehead atoms. The Kier molecular flexibility index (Phi) is 3.83. The number of hydrogen-bond acceptors (Lipinski definition) is 6. The Morgan fingerprint density at radius 2 is 2.22 bits per heavy atom. The number of amides is 1. The minimum atomic E-state index is -0.342. The van der Waals surface area contributed by atoms with Crippen LogP contribution in [0.2, 0.25) is 0 Å². The standard InChI is InChI=1S/C15H15N5O2S/c1-8(2)6-9-4-5-10-12(16)13(23-15(10)17-9)14(21)18-11-7-20(3)19-22-11/h4-7H,1-3H3,(H2-,16,18,19,21)/p+1. The summed E-state index contributed by atoms with van der Waals surface area (Å²) in [5.41, 5.74) is 8.50. The fourth-order valence-electron chi connectivity index (χ4n) is 2.11. The Morgan fingerprint density at radius 1 is 1.43 bits per heavy atom. The van der Waals surface area contributed by atoms with Crippen molar-refractivity contribution in [1.29, 1.82) is 0 Å². The van der Waals surface area contributed by atoms with Crippen LogP contribution in [0, 0.1) is 0 Å². The van der Waals surface area contributed by atoms with Gasteiger partial charge < -0.3 is 5.73 Å². The van der Waals surface area contributed by atoms with E-state index in [4.69, 9.17) is 10.3 Å². The summed E-state index contributed by atoms with van der Waals surface area (Å²) in [4.78, 5) is 18.0. The van der Waals surface area contributed by atoms with Crippen molar-refractivity contribution in [2.75, 3.05) is 11.1 Å². The maximum atomic E-state index is 12.4. The molecule has 0 aromatic carbocycles. The molecule has 0 unspecified atom stereocenters. The summed E-state index contributed by atoms with van der Waals surface area (Å²) in [5.74, 6) is -0.0847. The zero-order chi connectivity index (χ0) is 16.6. The average Bonchev–Trinajstić information content (AvgIpc) is 3.02. The normalized spacial score (nSPS) is 10.7. The molecule has 3 aromatic heterocycles. The second-order valence-corrected chi connectivity index (χ2v) is 6.35. The summed E-state index contributed by atoms with van der Waals surface area (Å²) in [7, 11) is 1.70. The highest BCUT2D eigenvalue weighted by atomic mass is 32.1. The van der Waals surface area contributed by atoms with Gasteiger partial charge in [0.15, 0.2) is 12.3 Å². The van der Waals surface area contributed by atoms with Crippen molar-refractivity contribution in [2.24, 2.45) is 7.05 Å². The first-order valence-corrected chi connectivity index (χ1v) is 7.73. The SMILES string of the molecule is CC(C)=Cc1ccc2c(N)c(C(=O)Nc3c[n+](C)no3)sc2n1. The second kappa shape index (κ2) is 5.81. The van der Waals surface area contributed by atoms with E-state index in [1.165, 1.54) is 16.0 Å². The molecule has 23 heavy (non-hydrogen) atoms. The molecule has 0 aliphatic heterocycles. The third-order valence-electron chi connectivity index (χ3n) is 3.07. The molecule has 3 rings (SSSR count). The number of carbonyl (C=O) groups excluding carboxylic acids is 1. The van der Waals surface area contributed by atoms with Crippen molar-refractivity contribution >= 4 is 45.1 Å². The van der Waals surface area contributed by atoms with Crippen LogP contribution in [0.4, 0.5) is 11.6 Å². The highest BCUT2D eigenvalue weighted by Gasteiger charge is 2.20. The largest absolute Gasteiger partial charge is 0.397 e. The Labute approximate surface area is 136 Å². The van der Waals surface area contributed by atoms with Crippen LogP contribution in [-0.4, -0.2) is 16.2 Å². The van der Waals surface area contributed by atoms with Gasteiger partial charge in [0.25, 0.3) is 12.1 Å². The van der Waals surface area contributed by atoms with Crippen LogP contribution in [0.15, 0.2) is 28.4 Å². The number of nitrogens with one attached hydrogen (secondary N) is 1. The summed E-state index contributed by atoms with van der Waals surface area (Å²) < 4.78 is 6.41. The van der Waals surface area contributed by atoms with Crippen molar-refractivity contribution in [2.45, 2.75) is 13.8 Å². The van der Waals surface area contributed by atoms with Crippen LogP contribution in [-0.2, 0) is 7.05 Å². The van der Waals surface area contributed by atoms with E-state index in [2.05, 4.69) is 15.6 Å². The lowest BCUT2D eigenvalue weighted by atomic mass is 10.2. The van der Waals surface area contributed by atoms with Gasteiger partial charge in [0.2, 0.25) is 0 Å². The van der Waals surface area contributed by atoms with Gasteiger partial charge in [-0.3, -0.25) is 14.6 Å². The lowest BCUT2D eigenvalue weighted by Gasteiger charge is -1.97. The molecule has 3 heterocycles. The predicted molar refractivity (Wildman–Crippen MR) is 89.0 cm³/mol. The first-order chi connectivity index (χ1) is 10.9. The quantitative estimate of drug-likeness (QED) is 0.718. The highest BCUT2D eigenvalue weighted by molar-refractivity contribution is 7.21. The number of thiophene rings is 1. The number of allylic oxidation sites excluding steroid dienone is 1. The van der Waals surface area contributed by atoms with E-state index in [9.17, 15) is 4.79 Å². The topological polar surface area (TPSA) is 97.9 Å². The van der Waals surface area contributed by atoms with E-state index in [1.54, 1.807) is 13.2 Å². The van der Waals surface area contributed by atoms with Gasteiger partial charge in [-0.05, 0) is 32.1 Å². The molecule has 0 fully saturated rings. The van der Waals surface area contributed by atoms with E-state index >= 15 is 0 Å². The van der Waals surface area contributed by atoms with Gasteiger partial charge in [0.1, 0.15) is 9.71 Å². The van der Waals surface area contributed by atoms with E-state index in [0.29, 0.717) is 10.6 Å². The molecule has 8 heteroatoms. The minimum absolute atomic E-state index is 0.257. The predicted octanol–water partition coefficient (Wildman–Crippen LogP) is 2.37. The maximum absolute atomic E-state index is 12.4. The summed E-state index contributed by atoms with van der Waals surface area (Å²) in [6.45, 7) is 4.01. The van der Waals surface area contributed by atoms with Gasteiger partial charge >= 0.3 is 5.88 Å². The molecule has 0 saturated carbocycles. The number of fused-ring (bicyclic) bond motifs is 1. The molecule has 0 saturated heterocycles. The zero-order valence-electron chi connectivity index (χ0n) is 13.0. The molecule has 0 atom stereocenters. The highest BCUT2D eigenvalue weighted by Crippen LogP contribution is 2.33. The van der Waals surface area contributed by atoms with E-state index < -0.39 is 0 Å². The fourth-order valence-corrected chi connectivity index (χ4v) is 3.10. The number of nitrogens with two attached hydrogens (primary N) is 1. The van der Waals surface area contributed by atoms with Crippen LogP contribution in [0.5, 0.6) is 0 Å². The molecule has 118 valence electrons. The lowest BCUT2D eigenvalue weighted by molar-refractivity contribution is -0.739. The molecule has 0 radical (unpaired) electrons. The molecule has 0 spiro atoms. The lowest BCUT2D eigenvalue weighted by Crippen LogP contribution is -2.28. The van der Waals surface area contributed by atoms with Crippen molar-refractivity contribution in [3.8, 4) is 0 Å². The Morgan fingerprint density at radius 3 is 2.87 bits per heavy atom. The fraction of sp³-hybridized carbons (Fsp3) is 0.200. The van der Waals surface area contributed by atoms with Crippen molar-refractivity contribution in [1.82, 2.24) is 10.3 Å². The van der Waals surface area contributed by atoms with Gasteiger partial charge in [-0.15, -0.1) is 11.3 Å². The first-order valence-electron chi connectivity index (χ1n) is 6.92. The van der Waals surface area contributed by atoms with Gasteiger partial charge in [-0.1, -0.05) is 10.3 Å². The molecule has 0 aliphatic carbocycles. The monoisotopic (exact) mass is 330 g/mol. The number of anilines is 2. The van der Waals surface area contributed by atoms with E-state index in [0.717, 1.165) is 21.5 Å². The molecule has 1 amide bonds. The molecule has 3 N–H and O–H groups in total. The molecular formula is C15H16N5O2S+. The number of aromatic nitrogens is 3. The molecule has 0 aliphatic rings. The summed E-state index contributed by atoms with van der Waals surface area (Å²) >= 11 is 1.25. The van der Waals surface area contributed by atoms with Gasteiger partial charge in [0, 0.05) is 5.39 Å². The van der Waals surface area contributed by atoms with Crippen LogP contribution in [0.25, 0.3) is 16.3 Å². The van der Waals surface area contributed by atoms with Crippen molar-refractivity contribution < 1.29 is 14.0 Å². The van der Waals surface area contributed by atoms with Crippen LogP contribution < -0.4 is 15.7 Å². The smallest absolute Gasteiger partial charge is 0.302 e. The number of aryl methyl sites for hydroxylation is 1. The first kappa shape index (κ1) is 15.2. The average molecular weight is 330 g/mol. The van der Waals surface area contributed by atoms with Gasteiger partial charge in [-0.25, -0.2) is 4.98 Å². The Bertz CT molecular complexity index is 921. The Balaban J connectivity index is 1.96.